The zero-order valence-corrected chi connectivity index (χ0v) is 13.5. The molecule has 8 heteroatoms. The Balaban J connectivity index is 2.16. The molecule has 0 saturated carbocycles. The van der Waals surface area contributed by atoms with E-state index in [1.807, 2.05) is 0 Å². The van der Waals surface area contributed by atoms with Crippen LogP contribution in [0.4, 0.5) is 11.8 Å². The number of hydrogen-bond acceptors (Lipinski definition) is 6. The summed E-state index contributed by atoms with van der Waals surface area (Å²) in [5, 5.41) is 6.52. The van der Waals surface area contributed by atoms with Crippen molar-refractivity contribution in [1.82, 2.24) is 19.9 Å². The second-order valence-corrected chi connectivity index (χ2v) is 6.59. The van der Waals surface area contributed by atoms with Crippen molar-refractivity contribution in [1.29, 1.82) is 0 Å². The Bertz CT molecular complexity index is 614. The largest absolute Gasteiger partial charge is 0.366 e. The van der Waals surface area contributed by atoms with Crippen LogP contribution in [0.2, 0.25) is 0 Å². The van der Waals surface area contributed by atoms with E-state index in [1.54, 1.807) is 12.6 Å². The van der Waals surface area contributed by atoms with Crippen LogP contribution < -0.4 is 10.6 Å². The average molecular weight is 310 g/mol. The minimum Gasteiger partial charge on any atom is -0.366 e. The fourth-order valence-electron chi connectivity index (χ4n) is 1.90. The van der Waals surface area contributed by atoms with E-state index >= 15 is 0 Å². The first-order chi connectivity index (χ1) is 10.1. The second-order valence-electron chi connectivity index (χ2n) is 5.04. The normalized spacial score (nSPS) is 14.0. The summed E-state index contributed by atoms with van der Waals surface area (Å²) in [5.74, 6) is 1.97. The summed E-state index contributed by atoms with van der Waals surface area (Å²) in [6.07, 6.45) is 5.15. The highest BCUT2D eigenvalue weighted by molar-refractivity contribution is 7.84. The third-order valence-corrected chi connectivity index (χ3v) is 3.85. The summed E-state index contributed by atoms with van der Waals surface area (Å²) < 4.78 is 11.2. The maximum Gasteiger partial charge on any atom is 0.226 e. The molecule has 0 amide bonds. The Labute approximate surface area is 126 Å². The number of hydrogen-bond donors (Lipinski definition) is 3. The van der Waals surface area contributed by atoms with Gasteiger partial charge in [0.05, 0.1) is 6.33 Å². The molecule has 0 aliphatic heterocycles. The molecule has 2 atom stereocenters. The van der Waals surface area contributed by atoms with Crippen LogP contribution in [-0.4, -0.2) is 48.7 Å². The summed E-state index contributed by atoms with van der Waals surface area (Å²) in [5.41, 5.74) is 1.43. The molecular formula is C13H22N6OS. The standard InChI is InChI=1S/C13H22N6OS/c1-4-6-14-13-18-11-10(15-8-16-11)12(19-13)17-9(2)5-7-21(3)20/h8-9H,4-7H2,1-3H3,(H3,14,15,16,17,18,19). The zero-order valence-electron chi connectivity index (χ0n) is 12.6. The maximum absolute atomic E-state index is 11.2. The van der Waals surface area contributed by atoms with Gasteiger partial charge in [0.1, 0.15) is 5.52 Å². The number of aromatic nitrogens is 4. The Kier molecular flexibility index (Phi) is 5.49. The molecule has 0 bridgehead atoms. The van der Waals surface area contributed by atoms with Crippen molar-refractivity contribution in [2.75, 3.05) is 29.2 Å². The number of imidazole rings is 1. The van der Waals surface area contributed by atoms with E-state index in [0.29, 0.717) is 17.3 Å². The molecular weight excluding hydrogens is 288 g/mol. The van der Waals surface area contributed by atoms with E-state index in [-0.39, 0.29) is 6.04 Å². The molecule has 2 aromatic rings. The predicted molar refractivity (Wildman–Crippen MR) is 87.1 cm³/mol. The lowest BCUT2D eigenvalue weighted by molar-refractivity contribution is 0.678. The highest BCUT2D eigenvalue weighted by Crippen LogP contribution is 2.19. The third-order valence-electron chi connectivity index (χ3n) is 3.04. The third kappa shape index (κ3) is 4.38. The number of aromatic amines is 1. The quantitative estimate of drug-likeness (QED) is 0.687. The van der Waals surface area contributed by atoms with Crippen molar-refractivity contribution in [3.8, 4) is 0 Å². The van der Waals surface area contributed by atoms with Gasteiger partial charge in [0.15, 0.2) is 11.5 Å². The minimum atomic E-state index is -0.777. The van der Waals surface area contributed by atoms with Gasteiger partial charge >= 0.3 is 0 Å². The topological polar surface area (TPSA) is 95.6 Å². The van der Waals surface area contributed by atoms with E-state index in [0.717, 1.165) is 30.7 Å². The molecule has 2 rings (SSSR count). The van der Waals surface area contributed by atoms with Crippen molar-refractivity contribution < 1.29 is 4.21 Å². The monoisotopic (exact) mass is 310 g/mol. The zero-order chi connectivity index (χ0) is 15.2. The van der Waals surface area contributed by atoms with E-state index in [4.69, 9.17) is 0 Å². The highest BCUT2D eigenvalue weighted by Gasteiger charge is 2.12. The number of anilines is 2. The molecule has 0 spiro atoms. The van der Waals surface area contributed by atoms with Crippen LogP contribution in [0.25, 0.3) is 11.2 Å². The molecule has 7 nitrogen and oxygen atoms in total. The van der Waals surface area contributed by atoms with Gasteiger partial charge in [-0.15, -0.1) is 0 Å². The molecule has 2 aromatic heterocycles. The lowest BCUT2D eigenvalue weighted by Gasteiger charge is -2.15. The van der Waals surface area contributed by atoms with E-state index in [2.05, 4.69) is 44.4 Å². The summed E-state index contributed by atoms with van der Waals surface area (Å²) in [4.78, 5) is 16.1. The number of rotatable bonds is 8. The maximum atomic E-state index is 11.2. The predicted octanol–water partition coefficient (Wildman–Crippen LogP) is 1.74. The molecule has 0 fully saturated rings. The Morgan fingerprint density at radius 1 is 1.43 bits per heavy atom. The van der Waals surface area contributed by atoms with Gasteiger partial charge in [-0.25, -0.2) is 4.98 Å². The second kappa shape index (κ2) is 7.35. The van der Waals surface area contributed by atoms with Crippen LogP contribution in [-0.2, 0) is 10.8 Å². The fraction of sp³-hybridized carbons (Fsp3) is 0.615. The SMILES string of the molecule is CCCNc1nc(NC(C)CCS(C)=O)c2[nH]cnc2n1. The van der Waals surface area contributed by atoms with E-state index in [1.165, 1.54) is 0 Å². The Morgan fingerprint density at radius 3 is 2.95 bits per heavy atom. The van der Waals surface area contributed by atoms with Crippen LogP contribution in [0, 0.1) is 0 Å². The van der Waals surface area contributed by atoms with Crippen LogP contribution in [0.5, 0.6) is 0 Å². The number of nitrogens with zero attached hydrogens (tertiary/aromatic N) is 3. The summed E-state index contributed by atoms with van der Waals surface area (Å²) in [6.45, 7) is 4.96. The summed E-state index contributed by atoms with van der Waals surface area (Å²) in [7, 11) is -0.777. The first kappa shape index (κ1) is 15.7. The molecule has 3 N–H and O–H groups in total. The van der Waals surface area contributed by atoms with Gasteiger partial charge in [0.25, 0.3) is 0 Å². The van der Waals surface area contributed by atoms with E-state index in [9.17, 15) is 4.21 Å². The molecule has 21 heavy (non-hydrogen) atoms. The summed E-state index contributed by atoms with van der Waals surface area (Å²) in [6, 6.07) is 0.175. The van der Waals surface area contributed by atoms with Gasteiger partial charge < -0.3 is 15.6 Å². The lowest BCUT2D eigenvalue weighted by atomic mass is 10.2. The van der Waals surface area contributed by atoms with Gasteiger partial charge in [0, 0.05) is 35.4 Å². The van der Waals surface area contributed by atoms with Crippen molar-refractivity contribution in [2.45, 2.75) is 32.7 Å². The molecule has 0 saturated heterocycles. The van der Waals surface area contributed by atoms with Crippen LogP contribution >= 0.6 is 0 Å². The lowest BCUT2D eigenvalue weighted by Crippen LogP contribution is -2.19. The first-order valence-corrected chi connectivity index (χ1v) is 8.84. The molecule has 0 radical (unpaired) electrons. The van der Waals surface area contributed by atoms with Crippen molar-refractivity contribution in [3.63, 3.8) is 0 Å². The molecule has 0 aliphatic carbocycles. The molecule has 116 valence electrons. The minimum absolute atomic E-state index is 0.175. The highest BCUT2D eigenvalue weighted by atomic mass is 32.2. The molecule has 0 aliphatic rings. The van der Waals surface area contributed by atoms with Crippen LogP contribution in [0.15, 0.2) is 6.33 Å². The number of nitrogens with one attached hydrogen (secondary N) is 3. The Hall–Kier alpha value is -1.70. The smallest absolute Gasteiger partial charge is 0.226 e. The average Bonchev–Trinajstić information content (AvgIpc) is 2.91. The van der Waals surface area contributed by atoms with Gasteiger partial charge in [-0.3, -0.25) is 4.21 Å². The fourth-order valence-corrected chi connectivity index (χ4v) is 2.59. The molecule has 0 aromatic carbocycles. The van der Waals surface area contributed by atoms with Gasteiger partial charge in [-0.05, 0) is 19.8 Å². The Morgan fingerprint density at radius 2 is 2.24 bits per heavy atom. The van der Waals surface area contributed by atoms with Gasteiger partial charge in [0.2, 0.25) is 5.95 Å². The van der Waals surface area contributed by atoms with E-state index < -0.39 is 10.8 Å². The van der Waals surface area contributed by atoms with Crippen molar-refractivity contribution in [3.05, 3.63) is 6.33 Å². The molecule has 2 heterocycles. The number of fused-ring (bicyclic) bond motifs is 1. The summed E-state index contributed by atoms with van der Waals surface area (Å²) >= 11 is 0. The van der Waals surface area contributed by atoms with Crippen LogP contribution in [0.3, 0.4) is 0 Å². The van der Waals surface area contributed by atoms with Gasteiger partial charge in [-0.1, -0.05) is 6.92 Å². The van der Waals surface area contributed by atoms with Crippen molar-refractivity contribution in [2.24, 2.45) is 0 Å². The van der Waals surface area contributed by atoms with Crippen molar-refractivity contribution >= 4 is 33.7 Å². The first-order valence-electron chi connectivity index (χ1n) is 7.11. The molecule has 2 unspecified atom stereocenters. The van der Waals surface area contributed by atoms with Gasteiger partial charge in [-0.2, -0.15) is 9.97 Å². The number of H-pyrrole nitrogens is 1. The van der Waals surface area contributed by atoms with Crippen LogP contribution in [0.1, 0.15) is 26.7 Å².